The lowest BCUT2D eigenvalue weighted by Gasteiger charge is -2.11. The summed E-state index contributed by atoms with van der Waals surface area (Å²) in [6, 6.07) is 9.95. The number of aliphatic hydroxyl groups excluding tert-OH is 1. The molecule has 0 bridgehead atoms. The summed E-state index contributed by atoms with van der Waals surface area (Å²) < 4.78 is 21.9. The van der Waals surface area contributed by atoms with Gasteiger partial charge in [0.05, 0.1) is 24.7 Å². The average Bonchev–Trinajstić information content (AvgIpc) is 3.10. The van der Waals surface area contributed by atoms with Gasteiger partial charge in [0.15, 0.2) is 5.65 Å². The monoisotopic (exact) mass is 491 g/mol. The van der Waals surface area contributed by atoms with Crippen molar-refractivity contribution in [3.63, 3.8) is 0 Å². The highest BCUT2D eigenvalue weighted by molar-refractivity contribution is 9.10. The molecule has 2 aromatic heterocycles. The molecule has 4 aromatic rings. The second-order valence-electron chi connectivity index (χ2n) is 6.59. The molecule has 0 aliphatic heterocycles. The van der Waals surface area contributed by atoms with Gasteiger partial charge in [-0.2, -0.15) is 10.1 Å². The van der Waals surface area contributed by atoms with Crippen LogP contribution in [0.15, 0.2) is 47.1 Å². The van der Waals surface area contributed by atoms with Crippen LogP contribution in [0.3, 0.4) is 0 Å². The Kier molecular flexibility index (Phi) is 5.85. The van der Waals surface area contributed by atoms with Crippen molar-refractivity contribution >= 4 is 44.4 Å². The summed E-state index contributed by atoms with van der Waals surface area (Å²) in [7, 11) is 0. The number of nitrogens with zero attached hydrogens (tertiary/aromatic N) is 4. The van der Waals surface area contributed by atoms with Crippen molar-refractivity contribution in [2.24, 2.45) is 0 Å². The standard InChI is InChI=1S/C20H16BrClFN5O2/c21-17-2-1-11(8-28-19-16(7-25-28)18(24)26-20(22)27-19)3-13(17)10-30-15-5-12(9-29)4-14(23)6-15/h1-7,29H,8-10H2,(H2,24,26,27). The van der Waals surface area contributed by atoms with Crippen LogP contribution in [0.5, 0.6) is 5.75 Å². The van der Waals surface area contributed by atoms with Crippen molar-refractivity contribution in [1.82, 2.24) is 19.7 Å². The fraction of sp³-hybridized carbons (Fsp3) is 0.150. The Morgan fingerprint density at radius 2 is 2.00 bits per heavy atom. The Morgan fingerprint density at radius 1 is 1.17 bits per heavy atom. The van der Waals surface area contributed by atoms with Gasteiger partial charge in [-0.15, -0.1) is 0 Å². The quantitative estimate of drug-likeness (QED) is 0.394. The highest BCUT2D eigenvalue weighted by Gasteiger charge is 2.12. The van der Waals surface area contributed by atoms with Crippen LogP contribution in [-0.4, -0.2) is 24.9 Å². The van der Waals surface area contributed by atoms with Crippen LogP contribution in [0.1, 0.15) is 16.7 Å². The minimum Gasteiger partial charge on any atom is -0.489 e. The predicted octanol–water partition coefficient (Wildman–Crippen LogP) is 4.08. The number of fused-ring (bicyclic) bond motifs is 1. The van der Waals surface area contributed by atoms with E-state index in [1.54, 1.807) is 16.9 Å². The van der Waals surface area contributed by atoms with E-state index in [1.807, 2.05) is 18.2 Å². The smallest absolute Gasteiger partial charge is 0.226 e. The van der Waals surface area contributed by atoms with E-state index in [4.69, 9.17) is 22.1 Å². The van der Waals surface area contributed by atoms with E-state index in [1.165, 1.54) is 12.1 Å². The highest BCUT2D eigenvalue weighted by Crippen LogP contribution is 2.24. The molecule has 0 unspecified atom stereocenters. The third kappa shape index (κ3) is 4.38. The minimum absolute atomic E-state index is 0.0592. The zero-order valence-corrected chi connectivity index (χ0v) is 17.9. The van der Waals surface area contributed by atoms with E-state index in [2.05, 4.69) is 31.0 Å². The molecule has 2 heterocycles. The van der Waals surface area contributed by atoms with E-state index >= 15 is 0 Å². The molecule has 0 aliphatic carbocycles. The highest BCUT2D eigenvalue weighted by atomic mass is 79.9. The molecular weight excluding hydrogens is 477 g/mol. The van der Waals surface area contributed by atoms with E-state index in [9.17, 15) is 9.50 Å². The molecule has 0 saturated carbocycles. The Balaban J connectivity index is 1.56. The Labute approximate surface area is 184 Å². The summed E-state index contributed by atoms with van der Waals surface area (Å²) in [5.74, 6) is 0.157. The van der Waals surface area contributed by atoms with Gasteiger partial charge in [-0.25, -0.2) is 14.1 Å². The number of aromatic nitrogens is 4. The van der Waals surface area contributed by atoms with E-state index < -0.39 is 5.82 Å². The lowest BCUT2D eigenvalue weighted by Crippen LogP contribution is -2.05. The first-order chi connectivity index (χ1) is 14.4. The Hall–Kier alpha value is -2.75. The number of aliphatic hydroxyl groups is 1. The molecular formula is C20H16BrClFN5O2. The fourth-order valence-electron chi connectivity index (χ4n) is 3.03. The third-order valence-electron chi connectivity index (χ3n) is 4.45. The molecule has 0 amide bonds. The Morgan fingerprint density at radius 3 is 2.80 bits per heavy atom. The first kappa shape index (κ1) is 20.5. The zero-order chi connectivity index (χ0) is 21.3. The average molecular weight is 493 g/mol. The molecule has 0 radical (unpaired) electrons. The van der Waals surface area contributed by atoms with Gasteiger partial charge in [0, 0.05) is 16.1 Å². The van der Waals surface area contributed by atoms with Crippen LogP contribution in [0.2, 0.25) is 5.28 Å². The summed E-state index contributed by atoms with van der Waals surface area (Å²) in [5, 5.41) is 14.2. The van der Waals surface area contributed by atoms with Crippen molar-refractivity contribution in [3.8, 4) is 5.75 Å². The van der Waals surface area contributed by atoms with Gasteiger partial charge >= 0.3 is 0 Å². The number of halogens is 3. The van der Waals surface area contributed by atoms with Gasteiger partial charge in [-0.3, -0.25) is 0 Å². The molecule has 0 spiro atoms. The molecule has 0 fully saturated rings. The molecule has 154 valence electrons. The van der Waals surface area contributed by atoms with E-state index in [-0.39, 0.29) is 24.3 Å². The summed E-state index contributed by atoms with van der Waals surface area (Å²) in [6.07, 6.45) is 1.60. The summed E-state index contributed by atoms with van der Waals surface area (Å²) >= 11 is 9.44. The molecule has 0 atom stereocenters. The fourth-order valence-corrected chi connectivity index (χ4v) is 3.56. The first-order valence-electron chi connectivity index (χ1n) is 8.88. The van der Waals surface area contributed by atoms with Crippen molar-refractivity contribution < 1.29 is 14.2 Å². The van der Waals surface area contributed by atoms with Gasteiger partial charge in [0.2, 0.25) is 5.28 Å². The molecule has 0 saturated heterocycles. The second kappa shape index (κ2) is 8.55. The maximum Gasteiger partial charge on any atom is 0.226 e. The van der Waals surface area contributed by atoms with Crippen LogP contribution >= 0.6 is 27.5 Å². The topological polar surface area (TPSA) is 99.1 Å². The summed E-state index contributed by atoms with van der Waals surface area (Å²) in [6.45, 7) is 0.387. The molecule has 0 aliphatic rings. The van der Waals surface area contributed by atoms with Crippen molar-refractivity contribution in [2.75, 3.05) is 5.73 Å². The molecule has 10 heteroatoms. The van der Waals surface area contributed by atoms with E-state index in [0.29, 0.717) is 28.9 Å². The first-order valence-corrected chi connectivity index (χ1v) is 10.0. The van der Waals surface area contributed by atoms with Crippen LogP contribution < -0.4 is 10.5 Å². The van der Waals surface area contributed by atoms with E-state index in [0.717, 1.165) is 15.6 Å². The summed E-state index contributed by atoms with van der Waals surface area (Å²) in [5.41, 5.74) is 8.69. The van der Waals surface area contributed by atoms with Crippen molar-refractivity contribution in [1.29, 1.82) is 0 Å². The molecule has 4 rings (SSSR count). The van der Waals surface area contributed by atoms with Crippen molar-refractivity contribution in [3.05, 3.63) is 74.9 Å². The van der Waals surface area contributed by atoms with Gasteiger partial charge in [0.25, 0.3) is 0 Å². The molecule has 2 aromatic carbocycles. The summed E-state index contributed by atoms with van der Waals surface area (Å²) in [4.78, 5) is 8.15. The number of benzene rings is 2. The maximum absolute atomic E-state index is 13.6. The molecule has 3 N–H and O–H groups in total. The SMILES string of the molecule is Nc1nc(Cl)nc2c1cnn2Cc1ccc(Br)c(COc2cc(F)cc(CO)c2)c1. The second-order valence-corrected chi connectivity index (χ2v) is 7.78. The number of ether oxygens (including phenoxy) is 1. The zero-order valence-electron chi connectivity index (χ0n) is 15.5. The van der Waals surface area contributed by atoms with Gasteiger partial charge in [0.1, 0.15) is 24.0 Å². The number of nitrogens with two attached hydrogens (primary N) is 1. The van der Waals surface area contributed by atoms with Crippen LogP contribution in [0.25, 0.3) is 11.0 Å². The number of hydrogen-bond acceptors (Lipinski definition) is 6. The molecule has 7 nitrogen and oxygen atoms in total. The number of rotatable bonds is 6. The van der Waals surface area contributed by atoms with Gasteiger partial charge in [-0.05, 0) is 47.0 Å². The number of anilines is 1. The largest absolute Gasteiger partial charge is 0.489 e. The molecule has 30 heavy (non-hydrogen) atoms. The number of nitrogen functional groups attached to an aromatic ring is 1. The number of hydrogen-bond donors (Lipinski definition) is 2. The minimum atomic E-state index is -0.463. The lowest BCUT2D eigenvalue weighted by atomic mass is 10.1. The van der Waals surface area contributed by atoms with Crippen LogP contribution in [-0.2, 0) is 19.8 Å². The normalized spacial score (nSPS) is 11.2. The van der Waals surface area contributed by atoms with Crippen LogP contribution in [0.4, 0.5) is 10.2 Å². The predicted molar refractivity (Wildman–Crippen MR) is 115 cm³/mol. The third-order valence-corrected chi connectivity index (χ3v) is 5.39. The van der Waals surface area contributed by atoms with Gasteiger partial charge in [-0.1, -0.05) is 22.0 Å². The van der Waals surface area contributed by atoms with Crippen LogP contribution in [0, 0.1) is 5.82 Å². The Bertz CT molecular complexity index is 1230. The van der Waals surface area contributed by atoms with Gasteiger partial charge < -0.3 is 15.6 Å². The lowest BCUT2D eigenvalue weighted by molar-refractivity contribution is 0.276. The maximum atomic E-state index is 13.6. The van der Waals surface area contributed by atoms with Crippen molar-refractivity contribution in [2.45, 2.75) is 19.8 Å².